The predicted octanol–water partition coefficient (Wildman–Crippen LogP) is 3.47. The zero-order chi connectivity index (χ0) is 14.7. The van der Waals surface area contributed by atoms with Gasteiger partial charge in [-0.05, 0) is 30.7 Å². The van der Waals surface area contributed by atoms with Crippen molar-refractivity contribution in [3.63, 3.8) is 0 Å². The molecule has 2 unspecified atom stereocenters. The van der Waals surface area contributed by atoms with Gasteiger partial charge in [0.15, 0.2) is 0 Å². The van der Waals surface area contributed by atoms with Gasteiger partial charge in [-0.1, -0.05) is 57.0 Å². The second-order valence-corrected chi connectivity index (χ2v) is 7.24. The maximum atomic E-state index is 3.81. The molecule has 0 spiro atoms. The fourth-order valence-electron chi connectivity index (χ4n) is 4.17. The van der Waals surface area contributed by atoms with E-state index < -0.39 is 0 Å². The summed E-state index contributed by atoms with van der Waals surface area (Å²) in [6.45, 7) is 7.14. The van der Waals surface area contributed by atoms with Crippen molar-refractivity contribution in [2.75, 3.05) is 13.1 Å². The summed E-state index contributed by atoms with van der Waals surface area (Å²) in [5.74, 6) is 0.746. The molecule has 21 heavy (non-hydrogen) atoms. The molecule has 0 amide bonds. The standard InChI is InChI=1S/C19H30N2/c1-15(2)19-13-20-17(12-16-8-4-3-5-9-16)14-21(19)18-10-6-7-11-18/h3-5,8-9,15,17-20H,6-7,10-14H2,1-2H3. The lowest BCUT2D eigenvalue weighted by Crippen LogP contribution is -2.61. The number of nitrogens with one attached hydrogen (secondary N) is 1. The molecule has 1 saturated carbocycles. The fraction of sp³-hybridized carbons (Fsp3) is 0.684. The number of rotatable bonds is 4. The van der Waals surface area contributed by atoms with Gasteiger partial charge >= 0.3 is 0 Å². The largest absolute Gasteiger partial charge is 0.311 e. The van der Waals surface area contributed by atoms with Crippen molar-refractivity contribution < 1.29 is 0 Å². The topological polar surface area (TPSA) is 15.3 Å². The van der Waals surface area contributed by atoms with Crippen LogP contribution in [0.4, 0.5) is 0 Å². The Morgan fingerprint density at radius 1 is 1.14 bits per heavy atom. The second-order valence-electron chi connectivity index (χ2n) is 7.24. The van der Waals surface area contributed by atoms with Crippen molar-refractivity contribution >= 4 is 0 Å². The minimum atomic E-state index is 0.614. The first-order chi connectivity index (χ1) is 10.2. The molecule has 0 radical (unpaired) electrons. The highest BCUT2D eigenvalue weighted by atomic mass is 15.3. The average molecular weight is 286 g/mol. The Labute approximate surface area is 129 Å². The molecule has 1 aliphatic heterocycles. The van der Waals surface area contributed by atoms with Crippen molar-refractivity contribution in [1.82, 2.24) is 10.2 Å². The summed E-state index contributed by atoms with van der Waals surface area (Å²) in [4.78, 5) is 2.85. The quantitative estimate of drug-likeness (QED) is 0.912. The Morgan fingerprint density at radius 2 is 1.86 bits per heavy atom. The molecule has 2 fully saturated rings. The van der Waals surface area contributed by atoms with E-state index in [1.54, 1.807) is 0 Å². The van der Waals surface area contributed by atoms with Gasteiger partial charge in [0.1, 0.15) is 0 Å². The Balaban J connectivity index is 1.66. The summed E-state index contributed by atoms with van der Waals surface area (Å²) in [7, 11) is 0. The van der Waals surface area contributed by atoms with Crippen LogP contribution in [-0.2, 0) is 6.42 Å². The molecule has 1 heterocycles. The molecule has 1 saturated heterocycles. The number of hydrogen-bond acceptors (Lipinski definition) is 2. The van der Waals surface area contributed by atoms with Gasteiger partial charge in [-0.3, -0.25) is 4.90 Å². The normalized spacial score (nSPS) is 28.3. The van der Waals surface area contributed by atoms with Crippen LogP contribution in [0.5, 0.6) is 0 Å². The summed E-state index contributed by atoms with van der Waals surface area (Å²) in [6.07, 6.45) is 6.86. The van der Waals surface area contributed by atoms with Crippen LogP contribution in [0.25, 0.3) is 0 Å². The summed E-state index contributed by atoms with van der Waals surface area (Å²) < 4.78 is 0. The average Bonchev–Trinajstić information content (AvgIpc) is 3.02. The Kier molecular flexibility index (Phi) is 4.97. The second kappa shape index (κ2) is 6.93. The highest BCUT2D eigenvalue weighted by molar-refractivity contribution is 5.16. The van der Waals surface area contributed by atoms with Crippen molar-refractivity contribution in [3.8, 4) is 0 Å². The minimum Gasteiger partial charge on any atom is -0.311 e. The van der Waals surface area contributed by atoms with E-state index in [9.17, 15) is 0 Å². The van der Waals surface area contributed by atoms with Crippen LogP contribution in [0.2, 0.25) is 0 Å². The van der Waals surface area contributed by atoms with Gasteiger partial charge in [-0.25, -0.2) is 0 Å². The van der Waals surface area contributed by atoms with Gasteiger partial charge in [0, 0.05) is 31.2 Å². The smallest absolute Gasteiger partial charge is 0.0247 e. The number of hydrogen-bond donors (Lipinski definition) is 1. The Morgan fingerprint density at radius 3 is 2.52 bits per heavy atom. The molecular weight excluding hydrogens is 256 g/mol. The van der Waals surface area contributed by atoms with Crippen LogP contribution in [0.15, 0.2) is 30.3 Å². The monoisotopic (exact) mass is 286 g/mol. The predicted molar refractivity (Wildman–Crippen MR) is 89.5 cm³/mol. The molecular formula is C19H30N2. The highest BCUT2D eigenvalue weighted by Crippen LogP contribution is 2.29. The van der Waals surface area contributed by atoms with Crippen LogP contribution in [0.1, 0.15) is 45.1 Å². The number of piperazine rings is 1. The molecule has 1 aromatic carbocycles. The summed E-state index contributed by atoms with van der Waals surface area (Å²) >= 11 is 0. The molecule has 1 aromatic rings. The third-order valence-corrected chi connectivity index (χ3v) is 5.36. The van der Waals surface area contributed by atoms with Crippen LogP contribution >= 0.6 is 0 Å². The number of benzene rings is 1. The molecule has 2 atom stereocenters. The van der Waals surface area contributed by atoms with E-state index in [0.29, 0.717) is 6.04 Å². The van der Waals surface area contributed by atoms with Crippen LogP contribution in [-0.4, -0.2) is 36.1 Å². The van der Waals surface area contributed by atoms with Gasteiger partial charge < -0.3 is 5.32 Å². The van der Waals surface area contributed by atoms with Crippen LogP contribution < -0.4 is 5.32 Å². The molecule has 0 bridgehead atoms. The molecule has 3 rings (SSSR count). The van der Waals surface area contributed by atoms with Crippen LogP contribution in [0.3, 0.4) is 0 Å². The molecule has 1 N–H and O–H groups in total. The van der Waals surface area contributed by atoms with Crippen molar-refractivity contribution in [3.05, 3.63) is 35.9 Å². The lowest BCUT2D eigenvalue weighted by molar-refractivity contribution is 0.0577. The van der Waals surface area contributed by atoms with Crippen molar-refractivity contribution in [1.29, 1.82) is 0 Å². The lowest BCUT2D eigenvalue weighted by atomic mass is 9.93. The molecule has 116 valence electrons. The van der Waals surface area contributed by atoms with E-state index in [2.05, 4.69) is 54.4 Å². The van der Waals surface area contributed by atoms with Gasteiger partial charge in [0.2, 0.25) is 0 Å². The summed E-state index contributed by atoms with van der Waals surface area (Å²) in [6, 6.07) is 13.1. The zero-order valence-electron chi connectivity index (χ0n) is 13.6. The van der Waals surface area contributed by atoms with Gasteiger partial charge in [-0.15, -0.1) is 0 Å². The minimum absolute atomic E-state index is 0.614. The molecule has 2 nitrogen and oxygen atoms in total. The molecule has 2 heteroatoms. The zero-order valence-corrected chi connectivity index (χ0v) is 13.6. The SMILES string of the molecule is CC(C)C1CNC(Cc2ccccc2)CN1C1CCCC1. The first-order valence-corrected chi connectivity index (χ1v) is 8.77. The maximum Gasteiger partial charge on any atom is 0.0247 e. The van der Waals surface area contributed by atoms with Gasteiger partial charge in [0.25, 0.3) is 0 Å². The Bertz CT molecular complexity index is 422. The van der Waals surface area contributed by atoms with E-state index in [0.717, 1.165) is 31.0 Å². The van der Waals surface area contributed by atoms with E-state index in [-0.39, 0.29) is 0 Å². The van der Waals surface area contributed by atoms with Crippen LogP contribution in [0, 0.1) is 5.92 Å². The van der Waals surface area contributed by atoms with Gasteiger partial charge in [0.05, 0.1) is 0 Å². The first kappa shape index (κ1) is 15.1. The van der Waals surface area contributed by atoms with E-state index in [1.807, 2.05) is 0 Å². The van der Waals surface area contributed by atoms with Crippen molar-refractivity contribution in [2.45, 2.75) is 64.1 Å². The van der Waals surface area contributed by atoms with E-state index in [4.69, 9.17) is 0 Å². The number of nitrogens with zero attached hydrogens (tertiary/aromatic N) is 1. The van der Waals surface area contributed by atoms with E-state index in [1.165, 1.54) is 37.8 Å². The van der Waals surface area contributed by atoms with Crippen molar-refractivity contribution in [2.24, 2.45) is 5.92 Å². The Hall–Kier alpha value is -0.860. The van der Waals surface area contributed by atoms with Gasteiger partial charge in [-0.2, -0.15) is 0 Å². The highest BCUT2D eigenvalue weighted by Gasteiger charge is 2.35. The third-order valence-electron chi connectivity index (χ3n) is 5.36. The summed E-state index contributed by atoms with van der Waals surface area (Å²) in [5, 5.41) is 3.81. The lowest BCUT2D eigenvalue weighted by Gasteiger charge is -2.45. The molecule has 1 aliphatic carbocycles. The fourth-order valence-corrected chi connectivity index (χ4v) is 4.17. The maximum absolute atomic E-state index is 3.81. The van der Waals surface area contributed by atoms with E-state index >= 15 is 0 Å². The first-order valence-electron chi connectivity index (χ1n) is 8.77. The molecule has 0 aromatic heterocycles. The molecule has 2 aliphatic rings. The third kappa shape index (κ3) is 3.67. The summed E-state index contributed by atoms with van der Waals surface area (Å²) in [5.41, 5.74) is 1.46.